The molecule has 4 nitrogen and oxygen atoms in total. The van der Waals surface area contributed by atoms with Gasteiger partial charge in [-0.3, -0.25) is 0 Å². The van der Waals surface area contributed by atoms with Crippen LogP contribution in [0.4, 0.5) is 0 Å². The van der Waals surface area contributed by atoms with E-state index in [1.165, 1.54) is 0 Å². The van der Waals surface area contributed by atoms with Crippen molar-refractivity contribution < 1.29 is 4.74 Å². The van der Waals surface area contributed by atoms with Gasteiger partial charge in [-0.05, 0) is 29.5 Å². The summed E-state index contributed by atoms with van der Waals surface area (Å²) in [6.45, 7) is 3.01. The highest BCUT2D eigenvalue weighted by molar-refractivity contribution is 14.1. The molecule has 1 aromatic heterocycles. The number of rotatable bonds is 3. The summed E-state index contributed by atoms with van der Waals surface area (Å²) in [5, 5.41) is 8.58. The molecule has 0 aliphatic rings. The third-order valence-electron chi connectivity index (χ3n) is 1.26. The Hall–Kier alpha value is -0.610. The number of nitrogens with one attached hydrogen (secondary N) is 1. The summed E-state index contributed by atoms with van der Waals surface area (Å²) < 4.78 is 5.89. The molecule has 0 saturated carbocycles. The first kappa shape index (κ1) is 9.48. The fraction of sp³-hybridized carbons (Fsp3) is 0.429. The van der Waals surface area contributed by atoms with Gasteiger partial charge in [0.05, 0.1) is 0 Å². The van der Waals surface area contributed by atoms with Crippen LogP contribution in [-0.4, -0.2) is 16.6 Å². The van der Waals surface area contributed by atoms with Crippen LogP contribution in [0.5, 0.6) is 0 Å². The highest BCUT2D eigenvalue weighted by atomic mass is 127. The van der Waals surface area contributed by atoms with E-state index in [4.69, 9.17) is 10.00 Å². The van der Waals surface area contributed by atoms with Gasteiger partial charge < -0.3 is 9.72 Å². The lowest BCUT2D eigenvalue weighted by Gasteiger charge is -1.94. The lowest BCUT2D eigenvalue weighted by Crippen LogP contribution is -1.93. The maximum atomic E-state index is 8.58. The van der Waals surface area contributed by atoms with Gasteiger partial charge in [-0.15, -0.1) is 0 Å². The van der Waals surface area contributed by atoms with E-state index in [1.807, 2.05) is 35.6 Å². The van der Waals surface area contributed by atoms with Gasteiger partial charge in [-0.2, -0.15) is 5.26 Å². The average Bonchev–Trinajstić information content (AvgIpc) is 2.43. The maximum absolute atomic E-state index is 8.58. The maximum Gasteiger partial charge on any atom is 0.172 e. The van der Waals surface area contributed by atoms with Crippen LogP contribution in [-0.2, 0) is 11.3 Å². The SMILES string of the molecule is CCOCc1nc(C#N)c(I)[nH]1. The van der Waals surface area contributed by atoms with Crippen molar-refractivity contribution in [1.82, 2.24) is 9.97 Å². The van der Waals surface area contributed by atoms with Crippen molar-refractivity contribution in [2.45, 2.75) is 13.5 Å². The Morgan fingerprint density at radius 2 is 2.50 bits per heavy atom. The first-order chi connectivity index (χ1) is 5.77. The molecule has 0 spiro atoms. The van der Waals surface area contributed by atoms with Crippen LogP contribution in [0.1, 0.15) is 18.4 Å². The highest BCUT2D eigenvalue weighted by Crippen LogP contribution is 2.08. The monoisotopic (exact) mass is 277 g/mol. The average molecular weight is 277 g/mol. The summed E-state index contributed by atoms with van der Waals surface area (Å²) in [4.78, 5) is 6.98. The number of hydrogen-bond donors (Lipinski definition) is 1. The van der Waals surface area contributed by atoms with E-state index in [-0.39, 0.29) is 0 Å². The minimum atomic E-state index is 0.435. The van der Waals surface area contributed by atoms with Crippen molar-refractivity contribution in [2.75, 3.05) is 6.61 Å². The molecule has 0 atom stereocenters. The number of halogens is 1. The van der Waals surface area contributed by atoms with Crippen molar-refractivity contribution in [3.8, 4) is 6.07 Å². The van der Waals surface area contributed by atoms with Crippen molar-refractivity contribution in [2.24, 2.45) is 0 Å². The fourth-order valence-electron chi connectivity index (χ4n) is 0.739. The summed E-state index contributed by atoms with van der Waals surface area (Å²) in [5.74, 6) is 0.706. The topological polar surface area (TPSA) is 61.7 Å². The zero-order chi connectivity index (χ0) is 8.97. The molecule has 0 aromatic carbocycles. The molecule has 0 unspecified atom stereocenters. The zero-order valence-corrected chi connectivity index (χ0v) is 8.75. The Morgan fingerprint density at radius 3 is 3.00 bits per heavy atom. The zero-order valence-electron chi connectivity index (χ0n) is 6.59. The van der Waals surface area contributed by atoms with Gasteiger partial charge >= 0.3 is 0 Å². The van der Waals surface area contributed by atoms with E-state index < -0.39 is 0 Å². The van der Waals surface area contributed by atoms with Crippen LogP contribution < -0.4 is 0 Å². The van der Waals surface area contributed by atoms with Crippen LogP contribution in [0.3, 0.4) is 0 Å². The molecule has 64 valence electrons. The Labute approximate surface area is 84.1 Å². The molecular formula is C7H8IN3O. The first-order valence-electron chi connectivity index (χ1n) is 3.50. The van der Waals surface area contributed by atoms with Crippen molar-refractivity contribution in [3.63, 3.8) is 0 Å². The molecule has 1 rings (SSSR count). The van der Waals surface area contributed by atoms with Crippen LogP contribution in [0.25, 0.3) is 0 Å². The lowest BCUT2D eigenvalue weighted by atomic mass is 10.5. The number of aromatic amines is 1. The van der Waals surface area contributed by atoms with Gasteiger partial charge in [0.2, 0.25) is 0 Å². The number of aromatic nitrogens is 2. The van der Waals surface area contributed by atoms with E-state index in [0.717, 1.165) is 3.70 Å². The number of H-pyrrole nitrogens is 1. The summed E-state index contributed by atoms with van der Waals surface area (Å²) in [5.41, 5.74) is 0.435. The van der Waals surface area contributed by atoms with E-state index in [1.54, 1.807) is 0 Å². The molecular weight excluding hydrogens is 269 g/mol. The Balaban J connectivity index is 2.70. The van der Waals surface area contributed by atoms with Gasteiger partial charge in [0, 0.05) is 6.61 Å². The predicted octanol–water partition coefficient (Wildman–Crippen LogP) is 1.42. The number of ether oxygens (including phenoxy) is 1. The highest BCUT2D eigenvalue weighted by Gasteiger charge is 2.05. The Bertz CT molecular complexity index is 302. The standard InChI is InChI=1S/C7H8IN3O/c1-2-12-4-6-10-5(3-9)7(8)11-6/h2,4H2,1H3,(H,10,11). The quantitative estimate of drug-likeness (QED) is 0.850. The second kappa shape index (κ2) is 4.42. The molecule has 12 heavy (non-hydrogen) atoms. The summed E-state index contributed by atoms with van der Waals surface area (Å²) in [6, 6.07) is 1.99. The molecule has 1 heterocycles. The van der Waals surface area contributed by atoms with E-state index in [9.17, 15) is 0 Å². The largest absolute Gasteiger partial charge is 0.374 e. The minimum absolute atomic E-state index is 0.435. The van der Waals surface area contributed by atoms with E-state index >= 15 is 0 Å². The normalized spacial score (nSPS) is 9.75. The van der Waals surface area contributed by atoms with Crippen molar-refractivity contribution >= 4 is 22.6 Å². The van der Waals surface area contributed by atoms with Gasteiger partial charge in [0.1, 0.15) is 22.2 Å². The minimum Gasteiger partial charge on any atom is -0.374 e. The smallest absolute Gasteiger partial charge is 0.172 e. The van der Waals surface area contributed by atoms with Crippen molar-refractivity contribution in [1.29, 1.82) is 5.26 Å². The molecule has 1 N–H and O–H groups in total. The third-order valence-corrected chi connectivity index (χ3v) is 2.04. The van der Waals surface area contributed by atoms with Crippen LogP contribution in [0.2, 0.25) is 0 Å². The molecule has 0 amide bonds. The van der Waals surface area contributed by atoms with Gasteiger partial charge in [-0.1, -0.05) is 0 Å². The molecule has 0 radical (unpaired) electrons. The molecule has 1 aromatic rings. The van der Waals surface area contributed by atoms with Crippen LogP contribution >= 0.6 is 22.6 Å². The van der Waals surface area contributed by atoms with Crippen LogP contribution in [0.15, 0.2) is 0 Å². The number of imidazole rings is 1. The second-order valence-electron chi connectivity index (χ2n) is 2.10. The first-order valence-corrected chi connectivity index (χ1v) is 4.58. The van der Waals surface area contributed by atoms with E-state index in [2.05, 4.69) is 9.97 Å². The van der Waals surface area contributed by atoms with Gasteiger partial charge in [-0.25, -0.2) is 4.98 Å². The molecule has 0 saturated heterocycles. The van der Waals surface area contributed by atoms with Crippen molar-refractivity contribution in [3.05, 3.63) is 15.2 Å². The molecule has 0 aliphatic heterocycles. The summed E-state index contributed by atoms with van der Waals surface area (Å²) >= 11 is 2.04. The molecule has 0 bridgehead atoms. The predicted molar refractivity (Wildman–Crippen MR) is 51.3 cm³/mol. The van der Waals surface area contributed by atoms with Crippen LogP contribution in [0, 0.1) is 15.0 Å². The number of nitriles is 1. The molecule has 0 aliphatic carbocycles. The fourth-order valence-corrected chi connectivity index (χ4v) is 1.29. The number of nitrogens with zero attached hydrogens (tertiary/aromatic N) is 2. The molecule has 5 heteroatoms. The molecule has 0 fully saturated rings. The summed E-state index contributed by atoms with van der Waals surface area (Å²) in [7, 11) is 0. The van der Waals surface area contributed by atoms with Gasteiger partial charge in [0.25, 0.3) is 0 Å². The second-order valence-corrected chi connectivity index (χ2v) is 3.17. The Morgan fingerprint density at radius 1 is 1.75 bits per heavy atom. The van der Waals surface area contributed by atoms with E-state index in [0.29, 0.717) is 24.7 Å². The summed E-state index contributed by atoms with van der Waals surface area (Å²) in [6.07, 6.45) is 0. The Kier molecular flexibility index (Phi) is 3.49. The lowest BCUT2D eigenvalue weighted by molar-refractivity contribution is 0.129. The number of hydrogen-bond acceptors (Lipinski definition) is 3. The third kappa shape index (κ3) is 2.19. The van der Waals surface area contributed by atoms with Gasteiger partial charge in [0.15, 0.2) is 5.69 Å².